The number of primary amides is 1. The molecule has 0 heterocycles. The minimum atomic E-state index is -0.781. The van der Waals surface area contributed by atoms with Crippen molar-refractivity contribution in [2.24, 2.45) is 11.7 Å². The average Bonchev–Trinajstić information content (AvgIpc) is 2.40. The molecule has 7 heteroatoms. The zero-order valence-corrected chi connectivity index (χ0v) is 12.7. The van der Waals surface area contributed by atoms with Crippen molar-refractivity contribution in [1.82, 2.24) is 10.6 Å². The largest absolute Gasteiger partial charge is 0.481 e. The predicted octanol–water partition coefficient (Wildman–Crippen LogP) is 1.22. The molecule has 122 valence electrons. The second kappa shape index (κ2) is 12.0. The quantitative estimate of drug-likeness (QED) is 0.405. The van der Waals surface area contributed by atoms with Crippen molar-refractivity contribution in [3.63, 3.8) is 0 Å². The molecule has 21 heavy (non-hydrogen) atoms. The fourth-order valence-electron chi connectivity index (χ4n) is 2.09. The number of carboxylic acid groups (broad SMARTS) is 1. The molecular weight excluding hydrogens is 274 g/mol. The maximum absolute atomic E-state index is 11.5. The number of rotatable bonds is 12. The highest BCUT2D eigenvalue weighted by Crippen LogP contribution is 2.16. The molecule has 1 atom stereocenters. The van der Waals surface area contributed by atoms with Crippen LogP contribution in [0, 0.1) is 5.92 Å². The maximum Gasteiger partial charge on any atom is 0.314 e. The van der Waals surface area contributed by atoms with Crippen molar-refractivity contribution in [1.29, 1.82) is 0 Å². The number of hydrogen-bond donors (Lipinski definition) is 4. The maximum atomic E-state index is 11.5. The Kier molecular flexibility index (Phi) is 11.0. The summed E-state index contributed by atoms with van der Waals surface area (Å²) in [6.45, 7) is 2.99. The molecular formula is C14H27N3O4. The third-order valence-electron chi connectivity index (χ3n) is 3.19. The molecule has 0 saturated heterocycles. The summed E-state index contributed by atoms with van der Waals surface area (Å²) in [5, 5.41) is 14.1. The van der Waals surface area contributed by atoms with E-state index in [1.807, 2.05) is 0 Å². The van der Waals surface area contributed by atoms with Crippen LogP contribution in [-0.2, 0) is 9.59 Å². The summed E-state index contributed by atoms with van der Waals surface area (Å²) < 4.78 is 0. The first kappa shape index (κ1) is 19.2. The van der Waals surface area contributed by atoms with Crippen molar-refractivity contribution in [2.45, 2.75) is 51.9 Å². The van der Waals surface area contributed by atoms with Gasteiger partial charge in [0, 0.05) is 25.9 Å². The first-order valence-electron chi connectivity index (χ1n) is 7.47. The zero-order valence-electron chi connectivity index (χ0n) is 12.7. The van der Waals surface area contributed by atoms with Crippen LogP contribution in [-0.4, -0.2) is 36.1 Å². The number of nitrogens with one attached hydrogen (secondary N) is 2. The van der Waals surface area contributed by atoms with Gasteiger partial charge in [-0.3, -0.25) is 9.59 Å². The fourth-order valence-corrected chi connectivity index (χ4v) is 2.09. The van der Waals surface area contributed by atoms with Gasteiger partial charge in [-0.1, -0.05) is 19.8 Å². The molecule has 0 saturated carbocycles. The molecule has 7 nitrogen and oxygen atoms in total. The first-order chi connectivity index (χ1) is 9.95. The summed E-state index contributed by atoms with van der Waals surface area (Å²) >= 11 is 0. The molecule has 3 amide bonds. The molecule has 0 rings (SSSR count). The van der Waals surface area contributed by atoms with Crippen molar-refractivity contribution in [3.05, 3.63) is 0 Å². The molecule has 0 aliphatic carbocycles. The average molecular weight is 301 g/mol. The van der Waals surface area contributed by atoms with E-state index < -0.39 is 5.97 Å². The highest BCUT2D eigenvalue weighted by Gasteiger charge is 2.10. The molecule has 5 N–H and O–H groups in total. The van der Waals surface area contributed by atoms with Gasteiger partial charge in [-0.2, -0.15) is 0 Å². The molecule has 0 aromatic heterocycles. The summed E-state index contributed by atoms with van der Waals surface area (Å²) in [5.74, 6) is -0.837. The molecule has 0 aliphatic heterocycles. The van der Waals surface area contributed by atoms with Crippen LogP contribution in [0.4, 0.5) is 4.79 Å². The van der Waals surface area contributed by atoms with Crippen LogP contribution in [0.5, 0.6) is 0 Å². The highest BCUT2D eigenvalue weighted by atomic mass is 16.4. The molecule has 0 radical (unpaired) electrons. The van der Waals surface area contributed by atoms with E-state index in [0.29, 0.717) is 31.8 Å². The van der Waals surface area contributed by atoms with Gasteiger partial charge in [0.25, 0.3) is 0 Å². The van der Waals surface area contributed by atoms with Crippen molar-refractivity contribution >= 4 is 17.9 Å². The van der Waals surface area contributed by atoms with Crippen LogP contribution >= 0.6 is 0 Å². The summed E-state index contributed by atoms with van der Waals surface area (Å²) in [4.78, 5) is 32.5. The lowest BCUT2D eigenvalue weighted by Crippen LogP contribution is -2.37. The second-order valence-corrected chi connectivity index (χ2v) is 5.13. The molecule has 0 fully saturated rings. The van der Waals surface area contributed by atoms with Crippen LogP contribution in [0.1, 0.15) is 51.9 Å². The van der Waals surface area contributed by atoms with Gasteiger partial charge in [0.1, 0.15) is 0 Å². The van der Waals surface area contributed by atoms with Crippen LogP contribution in [0.15, 0.2) is 0 Å². The number of nitrogens with two attached hydrogens (primary N) is 1. The number of amides is 3. The van der Waals surface area contributed by atoms with Gasteiger partial charge in [0.15, 0.2) is 0 Å². The smallest absolute Gasteiger partial charge is 0.314 e. The van der Waals surface area contributed by atoms with Gasteiger partial charge in [0.05, 0.1) is 0 Å². The van der Waals surface area contributed by atoms with Crippen molar-refractivity contribution < 1.29 is 19.5 Å². The van der Waals surface area contributed by atoms with Gasteiger partial charge in [-0.15, -0.1) is 0 Å². The summed E-state index contributed by atoms with van der Waals surface area (Å²) in [6.07, 6.45) is 4.34. The Balaban J connectivity index is 3.73. The van der Waals surface area contributed by atoms with Crippen LogP contribution in [0.25, 0.3) is 0 Å². The second-order valence-electron chi connectivity index (χ2n) is 5.13. The van der Waals surface area contributed by atoms with Crippen LogP contribution < -0.4 is 16.4 Å². The lowest BCUT2D eigenvalue weighted by Gasteiger charge is -2.15. The third kappa shape index (κ3) is 13.0. The molecule has 0 aliphatic rings. The van der Waals surface area contributed by atoms with Crippen LogP contribution in [0.3, 0.4) is 0 Å². The Hall–Kier alpha value is -1.79. The van der Waals surface area contributed by atoms with E-state index in [1.54, 1.807) is 0 Å². The fraction of sp³-hybridized carbons (Fsp3) is 0.786. The summed E-state index contributed by atoms with van der Waals surface area (Å²) in [5.41, 5.74) is 4.99. The Morgan fingerprint density at radius 2 is 1.71 bits per heavy atom. The van der Waals surface area contributed by atoms with E-state index in [4.69, 9.17) is 10.8 Å². The minimum absolute atomic E-state index is 0.171. The van der Waals surface area contributed by atoms with Gasteiger partial charge in [-0.05, 0) is 25.2 Å². The van der Waals surface area contributed by atoms with E-state index in [2.05, 4.69) is 17.6 Å². The Morgan fingerprint density at radius 3 is 2.29 bits per heavy atom. The van der Waals surface area contributed by atoms with Crippen molar-refractivity contribution in [3.8, 4) is 0 Å². The number of urea groups is 1. The van der Waals surface area contributed by atoms with Gasteiger partial charge < -0.3 is 21.5 Å². The molecule has 0 spiro atoms. The minimum Gasteiger partial charge on any atom is -0.481 e. The van der Waals surface area contributed by atoms with Gasteiger partial charge >= 0.3 is 12.0 Å². The highest BCUT2D eigenvalue weighted by molar-refractivity contribution is 5.74. The molecule has 0 aromatic carbocycles. The van der Waals surface area contributed by atoms with E-state index in [1.165, 1.54) is 0 Å². The first-order valence-corrected chi connectivity index (χ1v) is 7.47. The van der Waals surface area contributed by atoms with Gasteiger partial charge in [0.2, 0.25) is 5.91 Å². The van der Waals surface area contributed by atoms with E-state index in [9.17, 15) is 14.4 Å². The predicted molar refractivity (Wildman–Crippen MR) is 79.7 cm³/mol. The van der Waals surface area contributed by atoms with Gasteiger partial charge in [-0.25, -0.2) is 4.79 Å². The Labute approximate surface area is 125 Å². The molecule has 1 unspecified atom stereocenters. The monoisotopic (exact) mass is 301 g/mol. The Bertz CT molecular complexity index is 334. The van der Waals surface area contributed by atoms with E-state index in [0.717, 1.165) is 19.3 Å². The lowest BCUT2D eigenvalue weighted by molar-refractivity contribution is -0.137. The SMILES string of the molecule is CCCC(CCNC(=O)NCCCC(N)=O)CCC(=O)O. The Morgan fingerprint density at radius 1 is 1.05 bits per heavy atom. The summed E-state index contributed by atoms with van der Waals surface area (Å²) in [7, 11) is 0. The zero-order chi connectivity index (χ0) is 16.1. The number of carboxylic acids is 1. The third-order valence-corrected chi connectivity index (χ3v) is 3.19. The van der Waals surface area contributed by atoms with Crippen molar-refractivity contribution in [2.75, 3.05) is 13.1 Å². The number of hydrogen-bond acceptors (Lipinski definition) is 3. The summed E-state index contributed by atoms with van der Waals surface area (Å²) in [6, 6.07) is -0.270. The van der Waals surface area contributed by atoms with Crippen LogP contribution in [0.2, 0.25) is 0 Å². The van der Waals surface area contributed by atoms with E-state index in [-0.39, 0.29) is 24.8 Å². The lowest BCUT2D eigenvalue weighted by atomic mass is 9.94. The standard InChI is InChI=1S/C14H27N3O4/c1-2-4-11(6-7-13(19)20)8-10-17-14(21)16-9-3-5-12(15)18/h11H,2-10H2,1H3,(H2,15,18)(H,19,20)(H2,16,17,21). The number of carbonyl (C=O) groups excluding carboxylic acids is 2. The number of carbonyl (C=O) groups is 3. The van der Waals surface area contributed by atoms with E-state index >= 15 is 0 Å². The molecule has 0 bridgehead atoms. The molecule has 0 aromatic rings. The normalized spacial score (nSPS) is 11.7. The topological polar surface area (TPSA) is 122 Å². The number of aliphatic carboxylic acids is 1.